The van der Waals surface area contributed by atoms with E-state index in [1.165, 1.54) is 6.92 Å². The van der Waals surface area contributed by atoms with Gasteiger partial charge >= 0.3 is 5.97 Å². The van der Waals surface area contributed by atoms with Gasteiger partial charge in [-0.1, -0.05) is 55.8 Å². The third-order valence-corrected chi connectivity index (χ3v) is 9.85. The highest BCUT2D eigenvalue weighted by Gasteiger charge is 2.73. The lowest BCUT2D eigenvalue weighted by Crippen LogP contribution is -2.78. The van der Waals surface area contributed by atoms with Crippen molar-refractivity contribution < 1.29 is 24.2 Å². The van der Waals surface area contributed by atoms with Gasteiger partial charge in [0.1, 0.15) is 6.10 Å². The zero-order chi connectivity index (χ0) is 29.8. The number of esters is 1. The molecule has 2 fully saturated rings. The second-order valence-corrected chi connectivity index (χ2v) is 12.9. The van der Waals surface area contributed by atoms with E-state index in [1.807, 2.05) is 54.3 Å². The molecule has 2 aliphatic heterocycles. The number of benzene rings is 2. The maximum atomic E-state index is 14.0. The van der Waals surface area contributed by atoms with Crippen LogP contribution in [-0.4, -0.2) is 70.2 Å². The Morgan fingerprint density at radius 1 is 1.26 bits per heavy atom. The number of hydrogen-bond acceptors (Lipinski definition) is 6. The quantitative estimate of drug-likeness (QED) is 0.212. The third-order valence-electron chi connectivity index (χ3n) is 9.85. The molecule has 5 atom stereocenters. The highest BCUT2D eigenvalue weighted by molar-refractivity contribution is 5.92. The van der Waals surface area contributed by atoms with E-state index in [-0.39, 0.29) is 23.9 Å². The highest BCUT2D eigenvalue weighted by atomic mass is 16.6. The predicted octanol–water partition coefficient (Wildman–Crippen LogP) is 4.83. The molecule has 2 bridgehead atoms. The van der Waals surface area contributed by atoms with Crippen molar-refractivity contribution in [2.24, 2.45) is 5.92 Å². The Morgan fingerprint density at radius 3 is 2.79 bits per heavy atom. The Balaban J connectivity index is 1.45. The van der Waals surface area contributed by atoms with Crippen LogP contribution < -0.4 is 9.47 Å². The number of carbonyl (C=O) groups is 2. The number of amides is 1. The minimum absolute atomic E-state index is 0.0616. The summed E-state index contributed by atoms with van der Waals surface area (Å²) in [6.45, 7) is 13.7. The molecule has 222 valence electrons. The van der Waals surface area contributed by atoms with Crippen molar-refractivity contribution in [2.45, 2.75) is 82.6 Å². The molecule has 2 aromatic carbocycles. The standard InChI is InChI=1S/C35H42N2O5/c1-6-17-36-18-16-34-31-26-11-12-28(41-24(5)38)32(31)42-33(34)27(14-15-35(34,40)29(36)20-26)37(21-22(2)3)30(39)13-10-25-9-7-8-23(4)19-25/h6-13,19,22,27,29,33,40H,1,14-18,20-21H2,2-5H3/b13-10+/t27?,29-,33?,34+,35-/m1/s1. The van der Waals surface area contributed by atoms with Crippen LogP contribution in [0.5, 0.6) is 11.5 Å². The lowest BCUT2D eigenvalue weighted by atomic mass is 9.48. The van der Waals surface area contributed by atoms with Crippen LogP contribution in [0.25, 0.3) is 6.08 Å². The Bertz CT molecular complexity index is 1450. The molecule has 4 aliphatic rings. The molecule has 2 aromatic rings. The van der Waals surface area contributed by atoms with Crippen molar-refractivity contribution in [2.75, 3.05) is 19.6 Å². The zero-order valence-electron chi connectivity index (χ0n) is 25.1. The van der Waals surface area contributed by atoms with Gasteiger partial charge in [-0.05, 0) is 68.3 Å². The molecule has 1 N–H and O–H groups in total. The molecule has 2 heterocycles. The van der Waals surface area contributed by atoms with Crippen molar-refractivity contribution in [1.82, 2.24) is 9.80 Å². The summed E-state index contributed by atoms with van der Waals surface area (Å²) in [5, 5.41) is 12.8. The normalized spacial score (nSPS) is 29.2. The van der Waals surface area contributed by atoms with Crippen molar-refractivity contribution in [3.05, 3.63) is 77.4 Å². The average molecular weight is 571 g/mol. The first-order chi connectivity index (χ1) is 20.1. The van der Waals surface area contributed by atoms with Gasteiger partial charge < -0.3 is 19.5 Å². The zero-order valence-corrected chi connectivity index (χ0v) is 25.1. The number of likely N-dealkylation sites (tertiary alicyclic amines) is 1. The van der Waals surface area contributed by atoms with Crippen LogP contribution in [0.2, 0.25) is 0 Å². The van der Waals surface area contributed by atoms with Crippen LogP contribution in [0.15, 0.2) is 55.1 Å². The van der Waals surface area contributed by atoms with E-state index in [9.17, 15) is 14.7 Å². The van der Waals surface area contributed by atoms with Crippen LogP contribution in [0.1, 0.15) is 62.3 Å². The van der Waals surface area contributed by atoms with Gasteiger partial charge in [0.2, 0.25) is 5.91 Å². The van der Waals surface area contributed by atoms with Gasteiger partial charge in [-0.15, -0.1) is 6.58 Å². The van der Waals surface area contributed by atoms with E-state index >= 15 is 0 Å². The Kier molecular flexibility index (Phi) is 7.30. The summed E-state index contributed by atoms with van der Waals surface area (Å²) in [4.78, 5) is 30.4. The SMILES string of the molecule is C=CCN1CC[C@]23c4c5ccc(OC(C)=O)c4OC2C(N(CC(C)C)C(=O)/C=C/c2cccc(C)c2)CC[C@@]3(O)[C@H]1C5. The lowest BCUT2D eigenvalue weighted by Gasteiger charge is -2.64. The van der Waals surface area contributed by atoms with Crippen molar-refractivity contribution >= 4 is 18.0 Å². The van der Waals surface area contributed by atoms with E-state index in [0.717, 1.165) is 28.8 Å². The lowest BCUT2D eigenvalue weighted by molar-refractivity contribution is -0.199. The molecule has 2 aliphatic carbocycles. The first-order valence-electron chi connectivity index (χ1n) is 15.2. The second-order valence-electron chi connectivity index (χ2n) is 12.9. The number of rotatable bonds is 8. The highest BCUT2D eigenvalue weighted by Crippen LogP contribution is 2.66. The topological polar surface area (TPSA) is 79.3 Å². The van der Waals surface area contributed by atoms with Gasteiger partial charge in [0.05, 0.1) is 17.1 Å². The van der Waals surface area contributed by atoms with Crippen molar-refractivity contribution in [3.63, 3.8) is 0 Å². The summed E-state index contributed by atoms with van der Waals surface area (Å²) >= 11 is 0. The van der Waals surface area contributed by atoms with Crippen LogP contribution in [0, 0.1) is 12.8 Å². The van der Waals surface area contributed by atoms with Crippen LogP contribution in [0.4, 0.5) is 0 Å². The second kappa shape index (κ2) is 10.7. The van der Waals surface area contributed by atoms with Gasteiger partial charge in [0, 0.05) is 37.7 Å². The number of piperidine rings is 1. The summed E-state index contributed by atoms with van der Waals surface area (Å²) in [7, 11) is 0. The fourth-order valence-electron chi connectivity index (χ4n) is 8.35. The molecule has 2 unspecified atom stereocenters. The van der Waals surface area contributed by atoms with Gasteiger partial charge in [-0.3, -0.25) is 14.5 Å². The van der Waals surface area contributed by atoms with E-state index in [1.54, 1.807) is 6.08 Å². The van der Waals surface area contributed by atoms with Crippen LogP contribution in [-0.2, 0) is 21.4 Å². The van der Waals surface area contributed by atoms with E-state index in [2.05, 4.69) is 31.4 Å². The average Bonchev–Trinajstić information content (AvgIpc) is 3.29. The fraction of sp³-hybridized carbons (Fsp3) is 0.486. The summed E-state index contributed by atoms with van der Waals surface area (Å²) in [6.07, 6.45) is 7.52. The van der Waals surface area contributed by atoms with E-state index in [0.29, 0.717) is 50.3 Å². The number of aryl methyl sites for hydroxylation is 1. The number of ether oxygens (including phenoxy) is 2. The maximum Gasteiger partial charge on any atom is 0.308 e. The van der Waals surface area contributed by atoms with E-state index in [4.69, 9.17) is 9.47 Å². The smallest absolute Gasteiger partial charge is 0.308 e. The molecule has 6 rings (SSSR count). The number of hydrogen-bond donors (Lipinski definition) is 1. The molecule has 0 aromatic heterocycles. The first kappa shape index (κ1) is 28.7. The third kappa shape index (κ3) is 4.40. The number of aliphatic hydroxyl groups is 1. The van der Waals surface area contributed by atoms with E-state index < -0.39 is 23.1 Å². The monoisotopic (exact) mass is 570 g/mol. The predicted molar refractivity (Wildman–Crippen MR) is 162 cm³/mol. The van der Waals surface area contributed by atoms with Gasteiger partial charge in [0.25, 0.3) is 0 Å². The summed E-state index contributed by atoms with van der Waals surface area (Å²) in [6, 6.07) is 11.6. The summed E-state index contributed by atoms with van der Waals surface area (Å²) < 4.78 is 12.5. The molecule has 42 heavy (non-hydrogen) atoms. The molecule has 7 nitrogen and oxygen atoms in total. The molecule has 1 amide bonds. The minimum Gasteiger partial charge on any atom is -0.483 e. The Hall–Kier alpha value is -3.42. The molecule has 1 saturated carbocycles. The Labute approximate surface area is 248 Å². The molecular weight excluding hydrogens is 528 g/mol. The Morgan fingerprint density at radius 2 is 2.07 bits per heavy atom. The molecular formula is C35H42N2O5. The number of nitrogens with zero attached hydrogens (tertiary/aromatic N) is 2. The first-order valence-corrected chi connectivity index (χ1v) is 15.2. The maximum absolute atomic E-state index is 14.0. The van der Waals surface area contributed by atoms with Crippen molar-refractivity contribution in [1.29, 1.82) is 0 Å². The number of carbonyl (C=O) groups excluding carboxylic acids is 2. The largest absolute Gasteiger partial charge is 0.483 e. The molecule has 0 radical (unpaired) electrons. The fourth-order valence-corrected chi connectivity index (χ4v) is 8.35. The molecule has 7 heteroatoms. The van der Waals surface area contributed by atoms with Crippen LogP contribution >= 0.6 is 0 Å². The summed E-state index contributed by atoms with van der Waals surface area (Å²) in [5.41, 5.74) is 2.45. The molecule has 1 saturated heterocycles. The summed E-state index contributed by atoms with van der Waals surface area (Å²) in [5.74, 6) is 0.707. The van der Waals surface area contributed by atoms with Crippen molar-refractivity contribution in [3.8, 4) is 11.5 Å². The van der Waals surface area contributed by atoms with Gasteiger partial charge in [-0.25, -0.2) is 0 Å². The van der Waals surface area contributed by atoms with Gasteiger partial charge in [0.15, 0.2) is 11.5 Å². The minimum atomic E-state index is -1.05. The van der Waals surface area contributed by atoms with Gasteiger partial charge in [-0.2, -0.15) is 0 Å². The molecule has 1 spiro atoms. The van der Waals surface area contributed by atoms with Crippen LogP contribution in [0.3, 0.4) is 0 Å².